The molecule has 0 aromatic carbocycles. The Morgan fingerprint density at radius 3 is 2.05 bits per heavy atom. The molecule has 0 aliphatic carbocycles. The topological polar surface area (TPSA) is 46.3 Å². The number of rotatable bonds is 8. The van der Waals surface area contributed by atoms with Crippen LogP contribution in [0.3, 0.4) is 0 Å². The van der Waals surface area contributed by atoms with E-state index in [1.54, 1.807) is 6.92 Å². The molecule has 0 radical (unpaired) electrons. The highest BCUT2D eigenvalue weighted by Crippen LogP contribution is 2.33. The number of nitrogens with two attached hydrogens (primary N) is 1. The van der Waals surface area contributed by atoms with Gasteiger partial charge in [0.15, 0.2) is 5.78 Å². The number of Topliss-reactive ketones (excluding diaryl/α,β-unsaturated/α-hetero) is 1. The van der Waals surface area contributed by atoms with Crippen LogP contribution < -0.4 is 10.6 Å². The smallest absolute Gasteiger partial charge is 0.171 e. The third kappa shape index (κ3) is 5.16. The van der Waals surface area contributed by atoms with Crippen LogP contribution in [0.15, 0.2) is 6.07 Å². The second kappa shape index (κ2) is 7.67. The molecule has 4 heteroatoms. The third-order valence-electron chi connectivity index (χ3n) is 3.33. The van der Waals surface area contributed by atoms with Crippen LogP contribution in [0.5, 0.6) is 0 Å². The van der Waals surface area contributed by atoms with Gasteiger partial charge in [-0.15, -0.1) is 11.3 Å². The zero-order chi connectivity index (χ0) is 15.3. The van der Waals surface area contributed by atoms with E-state index in [4.69, 9.17) is 5.73 Å². The van der Waals surface area contributed by atoms with Gasteiger partial charge in [0.25, 0.3) is 0 Å². The summed E-state index contributed by atoms with van der Waals surface area (Å²) in [7, 11) is 0. The summed E-state index contributed by atoms with van der Waals surface area (Å²) in [6, 6.07) is 1.96. The number of anilines is 2. The largest absolute Gasteiger partial charge is 0.397 e. The van der Waals surface area contributed by atoms with Gasteiger partial charge in [0.05, 0.1) is 15.6 Å². The number of hydrogen-bond donors (Lipinski definition) is 1. The molecular weight excluding hydrogens is 268 g/mol. The van der Waals surface area contributed by atoms with Crippen LogP contribution in [0, 0.1) is 11.8 Å². The highest BCUT2D eigenvalue weighted by atomic mass is 32.1. The van der Waals surface area contributed by atoms with Crippen LogP contribution in [0.1, 0.15) is 57.1 Å². The Morgan fingerprint density at radius 2 is 1.70 bits per heavy atom. The van der Waals surface area contributed by atoms with E-state index in [9.17, 15) is 4.79 Å². The van der Waals surface area contributed by atoms with Crippen LogP contribution >= 0.6 is 11.3 Å². The molecule has 20 heavy (non-hydrogen) atoms. The lowest BCUT2D eigenvalue weighted by molar-refractivity contribution is 0.102. The maximum absolute atomic E-state index is 11.5. The number of thiophene rings is 1. The van der Waals surface area contributed by atoms with Crippen LogP contribution in [0.2, 0.25) is 0 Å². The SMILES string of the molecule is CC(=O)c1sc(N(CCC(C)C)CCC(C)C)cc1N. The highest BCUT2D eigenvalue weighted by molar-refractivity contribution is 7.18. The van der Waals surface area contributed by atoms with Gasteiger partial charge in [-0.25, -0.2) is 0 Å². The van der Waals surface area contributed by atoms with E-state index in [2.05, 4.69) is 32.6 Å². The maximum atomic E-state index is 11.5. The molecule has 0 bridgehead atoms. The average Bonchev–Trinajstić information content (AvgIpc) is 2.70. The molecule has 1 aromatic rings. The number of nitrogens with zero attached hydrogens (tertiary/aromatic N) is 1. The predicted molar refractivity (Wildman–Crippen MR) is 89.9 cm³/mol. The van der Waals surface area contributed by atoms with Crippen molar-refractivity contribution in [1.29, 1.82) is 0 Å². The molecule has 1 aromatic heterocycles. The van der Waals surface area contributed by atoms with E-state index in [1.807, 2.05) is 6.07 Å². The first-order valence-electron chi connectivity index (χ1n) is 7.46. The second-order valence-corrected chi connectivity index (χ2v) is 7.31. The number of nitrogen functional groups attached to an aromatic ring is 1. The Kier molecular flexibility index (Phi) is 6.53. The van der Waals surface area contributed by atoms with Crippen molar-refractivity contribution in [2.75, 3.05) is 23.7 Å². The lowest BCUT2D eigenvalue weighted by atomic mass is 10.1. The van der Waals surface area contributed by atoms with Gasteiger partial charge in [-0.3, -0.25) is 4.79 Å². The minimum absolute atomic E-state index is 0.0615. The molecule has 0 spiro atoms. The van der Waals surface area contributed by atoms with Gasteiger partial charge < -0.3 is 10.6 Å². The summed E-state index contributed by atoms with van der Waals surface area (Å²) in [5.74, 6) is 1.42. The maximum Gasteiger partial charge on any atom is 0.171 e. The van der Waals surface area contributed by atoms with Gasteiger partial charge in [0.1, 0.15) is 0 Å². The predicted octanol–water partition coefficient (Wildman–Crippen LogP) is 4.43. The first kappa shape index (κ1) is 17.0. The molecule has 0 amide bonds. The molecule has 0 aliphatic heterocycles. The van der Waals surface area contributed by atoms with Crippen LogP contribution in [0.4, 0.5) is 10.7 Å². The van der Waals surface area contributed by atoms with Crippen molar-refractivity contribution < 1.29 is 4.79 Å². The number of carbonyl (C=O) groups excluding carboxylic acids is 1. The summed E-state index contributed by atoms with van der Waals surface area (Å²) >= 11 is 1.53. The summed E-state index contributed by atoms with van der Waals surface area (Å²) in [6.07, 6.45) is 2.32. The monoisotopic (exact) mass is 296 g/mol. The van der Waals surface area contributed by atoms with E-state index in [0.29, 0.717) is 22.4 Å². The fourth-order valence-corrected chi connectivity index (χ4v) is 3.01. The zero-order valence-corrected chi connectivity index (χ0v) is 14.2. The van der Waals surface area contributed by atoms with Gasteiger partial charge in [-0.05, 0) is 30.7 Å². The molecule has 0 saturated heterocycles. The number of ketones is 1. The van der Waals surface area contributed by atoms with E-state index in [1.165, 1.54) is 11.3 Å². The Bertz CT molecular complexity index is 426. The molecule has 0 aliphatic rings. The van der Waals surface area contributed by atoms with Crippen molar-refractivity contribution in [3.8, 4) is 0 Å². The van der Waals surface area contributed by atoms with Crippen molar-refractivity contribution in [3.63, 3.8) is 0 Å². The fourth-order valence-electron chi connectivity index (χ4n) is 1.98. The van der Waals surface area contributed by atoms with E-state index in [0.717, 1.165) is 30.9 Å². The van der Waals surface area contributed by atoms with Crippen LogP contribution in [-0.2, 0) is 0 Å². The van der Waals surface area contributed by atoms with Crippen molar-refractivity contribution in [1.82, 2.24) is 0 Å². The molecule has 0 fully saturated rings. The fraction of sp³-hybridized carbons (Fsp3) is 0.688. The van der Waals surface area contributed by atoms with Gasteiger partial charge >= 0.3 is 0 Å². The summed E-state index contributed by atoms with van der Waals surface area (Å²) in [6.45, 7) is 12.6. The third-order valence-corrected chi connectivity index (χ3v) is 4.64. The van der Waals surface area contributed by atoms with Crippen LogP contribution in [-0.4, -0.2) is 18.9 Å². The van der Waals surface area contributed by atoms with Crippen molar-refractivity contribution in [2.24, 2.45) is 11.8 Å². The van der Waals surface area contributed by atoms with Crippen molar-refractivity contribution >= 4 is 27.8 Å². The zero-order valence-electron chi connectivity index (χ0n) is 13.4. The minimum Gasteiger partial charge on any atom is -0.397 e. The van der Waals surface area contributed by atoms with Crippen molar-refractivity contribution in [2.45, 2.75) is 47.5 Å². The summed E-state index contributed by atoms with van der Waals surface area (Å²) in [4.78, 5) is 14.6. The molecule has 0 unspecified atom stereocenters. The molecular formula is C16H28N2OS. The average molecular weight is 296 g/mol. The summed E-state index contributed by atoms with van der Waals surface area (Å²) in [5.41, 5.74) is 6.58. The van der Waals surface area contributed by atoms with E-state index < -0.39 is 0 Å². The lowest BCUT2D eigenvalue weighted by Crippen LogP contribution is -2.26. The summed E-state index contributed by atoms with van der Waals surface area (Å²) < 4.78 is 0. The van der Waals surface area contributed by atoms with E-state index in [-0.39, 0.29) is 5.78 Å². The summed E-state index contributed by atoms with van der Waals surface area (Å²) in [5, 5.41) is 1.13. The van der Waals surface area contributed by atoms with Crippen LogP contribution in [0.25, 0.3) is 0 Å². The van der Waals surface area contributed by atoms with E-state index >= 15 is 0 Å². The Hall–Kier alpha value is -1.03. The number of carbonyl (C=O) groups is 1. The Balaban J connectivity index is 2.85. The van der Waals surface area contributed by atoms with Crippen molar-refractivity contribution in [3.05, 3.63) is 10.9 Å². The molecule has 1 rings (SSSR count). The molecule has 1 heterocycles. The van der Waals surface area contributed by atoms with Gasteiger partial charge in [0.2, 0.25) is 0 Å². The normalized spacial score (nSPS) is 11.3. The first-order chi connectivity index (χ1) is 9.31. The molecule has 0 atom stereocenters. The number of hydrogen-bond acceptors (Lipinski definition) is 4. The standard InChI is InChI=1S/C16H28N2OS/c1-11(2)6-8-18(9-7-12(3)4)15-10-14(17)16(20-15)13(5)19/h10-12H,6-9,17H2,1-5H3. The van der Waals surface area contributed by atoms with Gasteiger partial charge in [0, 0.05) is 20.0 Å². The quantitative estimate of drug-likeness (QED) is 0.722. The van der Waals surface area contributed by atoms with Gasteiger partial charge in [-0.1, -0.05) is 27.7 Å². The second-order valence-electron chi connectivity index (χ2n) is 6.28. The molecule has 0 saturated carbocycles. The Labute approximate surface area is 127 Å². The molecule has 2 N–H and O–H groups in total. The Morgan fingerprint density at radius 1 is 1.20 bits per heavy atom. The first-order valence-corrected chi connectivity index (χ1v) is 8.28. The molecule has 114 valence electrons. The minimum atomic E-state index is 0.0615. The highest BCUT2D eigenvalue weighted by Gasteiger charge is 2.16. The molecule has 3 nitrogen and oxygen atoms in total. The lowest BCUT2D eigenvalue weighted by Gasteiger charge is -2.24. The van der Waals surface area contributed by atoms with Gasteiger partial charge in [-0.2, -0.15) is 0 Å².